The normalized spacial score (nSPS) is 11.6. The Kier molecular flexibility index (Phi) is 5.47. The van der Waals surface area contributed by atoms with Crippen LogP contribution in [0.3, 0.4) is 0 Å². The maximum absolute atomic E-state index is 12.2. The van der Waals surface area contributed by atoms with E-state index >= 15 is 0 Å². The second-order valence-electron chi connectivity index (χ2n) is 4.73. The van der Waals surface area contributed by atoms with Crippen molar-refractivity contribution in [3.63, 3.8) is 0 Å². The number of benzene rings is 2. The van der Waals surface area contributed by atoms with E-state index < -0.39 is 17.9 Å². The highest BCUT2D eigenvalue weighted by Gasteiger charge is 2.18. The van der Waals surface area contributed by atoms with E-state index in [2.05, 4.69) is 5.32 Å². The SMILES string of the molecule is CC(Oc1ccc(Cl)cc1Cl)C(=O)Nc1ccccc1C(N)=O. The summed E-state index contributed by atoms with van der Waals surface area (Å²) in [6.07, 6.45) is -0.838. The Bertz CT molecular complexity index is 750. The first-order chi connectivity index (χ1) is 10.9. The second kappa shape index (κ2) is 7.35. The third-order valence-corrected chi connectivity index (χ3v) is 3.55. The zero-order valence-corrected chi connectivity index (χ0v) is 13.7. The monoisotopic (exact) mass is 352 g/mol. The summed E-state index contributed by atoms with van der Waals surface area (Å²) in [5.74, 6) is -0.734. The molecule has 0 spiro atoms. The van der Waals surface area contributed by atoms with Gasteiger partial charge in [-0.3, -0.25) is 9.59 Å². The highest BCUT2D eigenvalue weighted by molar-refractivity contribution is 6.35. The number of ether oxygens (including phenoxy) is 1. The fourth-order valence-electron chi connectivity index (χ4n) is 1.86. The Morgan fingerprint density at radius 1 is 1.17 bits per heavy atom. The predicted molar refractivity (Wildman–Crippen MR) is 90.1 cm³/mol. The Morgan fingerprint density at radius 3 is 2.52 bits per heavy atom. The molecular formula is C16H14Cl2N2O3. The molecule has 0 radical (unpaired) electrons. The lowest BCUT2D eigenvalue weighted by Gasteiger charge is -2.16. The first-order valence-corrected chi connectivity index (χ1v) is 7.45. The number of rotatable bonds is 5. The number of para-hydroxylation sites is 1. The van der Waals surface area contributed by atoms with Gasteiger partial charge in [-0.15, -0.1) is 0 Å². The zero-order chi connectivity index (χ0) is 17.0. The summed E-state index contributed by atoms with van der Waals surface area (Å²) in [4.78, 5) is 23.6. The topological polar surface area (TPSA) is 81.4 Å². The van der Waals surface area contributed by atoms with E-state index in [0.717, 1.165) is 0 Å². The third kappa shape index (κ3) is 4.37. The fraction of sp³-hybridized carbons (Fsp3) is 0.125. The number of carbonyl (C=O) groups is 2. The Hall–Kier alpha value is -2.24. The molecule has 1 unspecified atom stereocenters. The molecule has 0 aliphatic carbocycles. The van der Waals surface area contributed by atoms with Crippen molar-refractivity contribution in [3.8, 4) is 5.75 Å². The van der Waals surface area contributed by atoms with Crippen LogP contribution in [0.4, 0.5) is 5.69 Å². The molecule has 0 saturated carbocycles. The molecule has 0 aromatic heterocycles. The predicted octanol–water partition coefficient (Wildman–Crippen LogP) is 3.50. The fourth-order valence-corrected chi connectivity index (χ4v) is 2.31. The van der Waals surface area contributed by atoms with E-state index in [1.54, 1.807) is 37.3 Å². The number of hydrogen-bond acceptors (Lipinski definition) is 3. The molecule has 23 heavy (non-hydrogen) atoms. The molecule has 0 aliphatic heterocycles. The molecule has 5 nitrogen and oxygen atoms in total. The van der Waals surface area contributed by atoms with Crippen LogP contribution >= 0.6 is 23.2 Å². The molecular weight excluding hydrogens is 339 g/mol. The minimum atomic E-state index is -0.838. The Labute approximate surface area is 143 Å². The summed E-state index contributed by atoms with van der Waals surface area (Å²) in [7, 11) is 0. The van der Waals surface area contributed by atoms with Crippen molar-refractivity contribution in [2.75, 3.05) is 5.32 Å². The summed E-state index contributed by atoms with van der Waals surface area (Å²) >= 11 is 11.8. The van der Waals surface area contributed by atoms with Crippen molar-refractivity contribution in [2.24, 2.45) is 5.73 Å². The molecule has 0 aliphatic rings. The average molecular weight is 353 g/mol. The van der Waals surface area contributed by atoms with Crippen LogP contribution in [0.5, 0.6) is 5.75 Å². The molecule has 0 bridgehead atoms. The molecule has 1 atom stereocenters. The van der Waals surface area contributed by atoms with Crippen LogP contribution in [0.15, 0.2) is 42.5 Å². The van der Waals surface area contributed by atoms with Gasteiger partial charge in [0.15, 0.2) is 6.10 Å². The molecule has 0 saturated heterocycles. The number of amides is 2. The molecule has 2 aromatic carbocycles. The molecule has 0 heterocycles. The van der Waals surface area contributed by atoms with E-state index in [9.17, 15) is 9.59 Å². The van der Waals surface area contributed by atoms with Crippen molar-refractivity contribution in [2.45, 2.75) is 13.0 Å². The highest BCUT2D eigenvalue weighted by Crippen LogP contribution is 2.28. The van der Waals surface area contributed by atoms with Crippen LogP contribution in [0.2, 0.25) is 10.0 Å². The highest BCUT2D eigenvalue weighted by atomic mass is 35.5. The third-order valence-electron chi connectivity index (χ3n) is 3.02. The van der Waals surface area contributed by atoms with Crippen LogP contribution in [0.25, 0.3) is 0 Å². The van der Waals surface area contributed by atoms with Crippen molar-refractivity contribution in [1.82, 2.24) is 0 Å². The summed E-state index contributed by atoms with van der Waals surface area (Å²) in [5.41, 5.74) is 5.81. The van der Waals surface area contributed by atoms with Crippen molar-refractivity contribution >= 4 is 40.7 Å². The summed E-state index contributed by atoms with van der Waals surface area (Å²) < 4.78 is 5.52. The van der Waals surface area contributed by atoms with Crippen LogP contribution in [0.1, 0.15) is 17.3 Å². The molecule has 2 amide bonds. The average Bonchev–Trinajstić information content (AvgIpc) is 2.50. The van der Waals surface area contributed by atoms with Gasteiger partial charge in [-0.2, -0.15) is 0 Å². The van der Waals surface area contributed by atoms with Gasteiger partial charge >= 0.3 is 0 Å². The lowest BCUT2D eigenvalue weighted by atomic mass is 10.1. The lowest BCUT2D eigenvalue weighted by molar-refractivity contribution is -0.122. The molecule has 2 aromatic rings. The van der Waals surface area contributed by atoms with Crippen LogP contribution in [-0.2, 0) is 4.79 Å². The van der Waals surface area contributed by atoms with E-state index in [1.165, 1.54) is 12.1 Å². The van der Waals surface area contributed by atoms with Gasteiger partial charge in [0.2, 0.25) is 0 Å². The number of primary amides is 1. The van der Waals surface area contributed by atoms with Gasteiger partial charge in [-0.1, -0.05) is 35.3 Å². The van der Waals surface area contributed by atoms with Gasteiger partial charge in [0.05, 0.1) is 16.3 Å². The van der Waals surface area contributed by atoms with Crippen LogP contribution in [0, 0.1) is 0 Å². The van der Waals surface area contributed by atoms with Crippen LogP contribution < -0.4 is 15.8 Å². The standard InChI is InChI=1S/C16H14Cl2N2O3/c1-9(23-14-7-6-10(17)8-12(14)18)16(22)20-13-5-3-2-4-11(13)15(19)21/h2-9H,1H3,(H2,19,21)(H,20,22). The lowest BCUT2D eigenvalue weighted by Crippen LogP contribution is -2.31. The summed E-state index contributed by atoms with van der Waals surface area (Å²) in [5, 5.41) is 3.38. The second-order valence-corrected chi connectivity index (χ2v) is 5.58. The van der Waals surface area contributed by atoms with E-state index in [1.807, 2.05) is 0 Å². The smallest absolute Gasteiger partial charge is 0.265 e. The number of carbonyl (C=O) groups excluding carboxylic acids is 2. The zero-order valence-electron chi connectivity index (χ0n) is 12.2. The van der Waals surface area contributed by atoms with Gasteiger partial charge in [0, 0.05) is 5.02 Å². The van der Waals surface area contributed by atoms with E-state index in [4.69, 9.17) is 33.7 Å². The van der Waals surface area contributed by atoms with Gasteiger partial charge in [0.25, 0.3) is 11.8 Å². The molecule has 0 fully saturated rings. The number of nitrogens with two attached hydrogens (primary N) is 1. The van der Waals surface area contributed by atoms with Gasteiger partial charge in [-0.05, 0) is 37.3 Å². The molecule has 3 N–H and O–H groups in total. The number of anilines is 1. The van der Waals surface area contributed by atoms with Crippen molar-refractivity contribution in [1.29, 1.82) is 0 Å². The number of halogens is 2. The van der Waals surface area contributed by atoms with Gasteiger partial charge < -0.3 is 15.8 Å². The molecule has 7 heteroatoms. The first kappa shape index (κ1) is 17.1. The van der Waals surface area contributed by atoms with Gasteiger partial charge in [-0.25, -0.2) is 0 Å². The molecule has 2 rings (SSSR count). The summed E-state index contributed by atoms with van der Waals surface area (Å²) in [6, 6.07) is 11.2. The summed E-state index contributed by atoms with van der Waals surface area (Å²) in [6.45, 7) is 1.56. The maximum atomic E-state index is 12.2. The minimum Gasteiger partial charge on any atom is -0.479 e. The van der Waals surface area contributed by atoms with E-state index in [-0.39, 0.29) is 5.56 Å². The Balaban J connectivity index is 2.10. The first-order valence-electron chi connectivity index (χ1n) is 6.70. The number of nitrogens with one attached hydrogen (secondary N) is 1. The van der Waals surface area contributed by atoms with Crippen molar-refractivity contribution in [3.05, 3.63) is 58.1 Å². The quantitative estimate of drug-likeness (QED) is 0.863. The minimum absolute atomic E-state index is 0.220. The van der Waals surface area contributed by atoms with Crippen molar-refractivity contribution < 1.29 is 14.3 Å². The van der Waals surface area contributed by atoms with Crippen LogP contribution in [-0.4, -0.2) is 17.9 Å². The number of hydrogen-bond donors (Lipinski definition) is 2. The Morgan fingerprint density at radius 2 is 1.87 bits per heavy atom. The maximum Gasteiger partial charge on any atom is 0.265 e. The molecule has 120 valence electrons. The largest absolute Gasteiger partial charge is 0.479 e. The van der Waals surface area contributed by atoms with E-state index in [0.29, 0.717) is 21.5 Å². The van der Waals surface area contributed by atoms with Gasteiger partial charge in [0.1, 0.15) is 5.75 Å².